The summed E-state index contributed by atoms with van der Waals surface area (Å²) in [6, 6.07) is 11.4. The molecule has 4 nitrogen and oxygen atoms in total. The number of aromatic nitrogens is 3. The normalized spacial score (nSPS) is 18.1. The highest BCUT2D eigenvalue weighted by molar-refractivity contribution is 7.99. The summed E-state index contributed by atoms with van der Waals surface area (Å²) in [5, 5.41) is 9.69. The maximum Gasteiger partial charge on any atom is 0.160 e. The van der Waals surface area contributed by atoms with Crippen LogP contribution in [0.3, 0.4) is 0 Å². The predicted molar refractivity (Wildman–Crippen MR) is 89.4 cm³/mol. The lowest BCUT2D eigenvalue weighted by Crippen LogP contribution is -2.10. The number of phenolic OH excluding ortho intramolecular Hbond substituents is 1. The molecule has 0 amide bonds. The van der Waals surface area contributed by atoms with Crippen molar-refractivity contribution < 1.29 is 5.11 Å². The van der Waals surface area contributed by atoms with Crippen LogP contribution in [0.25, 0.3) is 11.2 Å². The lowest BCUT2D eigenvalue weighted by atomic mass is 10.1. The summed E-state index contributed by atoms with van der Waals surface area (Å²) < 4.78 is 2.21. The maximum absolute atomic E-state index is 9.69. The van der Waals surface area contributed by atoms with E-state index in [0.29, 0.717) is 18.2 Å². The highest BCUT2D eigenvalue weighted by atomic mass is 32.2. The van der Waals surface area contributed by atoms with Crippen LogP contribution in [0.5, 0.6) is 5.75 Å². The second-order valence-corrected chi connectivity index (χ2v) is 6.78. The van der Waals surface area contributed by atoms with Crippen LogP contribution in [0.1, 0.15) is 23.7 Å². The minimum absolute atomic E-state index is 0.299. The van der Waals surface area contributed by atoms with Gasteiger partial charge in [-0.15, -0.1) is 0 Å². The van der Waals surface area contributed by atoms with Crippen LogP contribution in [0.15, 0.2) is 42.6 Å². The molecule has 1 aliphatic heterocycles. The first-order chi connectivity index (χ1) is 10.8. The molecule has 4 rings (SSSR count). The van der Waals surface area contributed by atoms with Gasteiger partial charge in [0.1, 0.15) is 17.1 Å². The van der Waals surface area contributed by atoms with Crippen molar-refractivity contribution in [1.82, 2.24) is 14.5 Å². The van der Waals surface area contributed by atoms with Crippen molar-refractivity contribution in [3.8, 4) is 5.75 Å². The fraction of sp³-hybridized carbons (Fsp3) is 0.294. The zero-order chi connectivity index (χ0) is 14.9. The Morgan fingerprint density at radius 1 is 1.27 bits per heavy atom. The molecule has 0 bridgehead atoms. The molecule has 1 saturated heterocycles. The first-order valence-electron chi connectivity index (χ1n) is 7.48. The third-order valence-corrected chi connectivity index (χ3v) is 5.24. The summed E-state index contributed by atoms with van der Waals surface area (Å²) in [4.78, 5) is 9.36. The second kappa shape index (κ2) is 5.65. The Bertz CT molecular complexity index is 809. The number of hydrogen-bond donors (Lipinski definition) is 1. The first-order valence-corrected chi connectivity index (χ1v) is 8.63. The number of aromatic hydroxyl groups is 1. The molecule has 3 heterocycles. The summed E-state index contributed by atoms with van der Waals surface area (Å²) in [7, 11) is 0. The van der Waals surface area contributed by atoms with Gasteiger partial charge in [0.25, 0.3) is 0 Å². The average Bonchev–Trinajstić information content (AvgIpc) is 3.15. The van der Waals surface area contributed by atoms with Gasteiger partial charge in [0, 0.05) is 17.9 Å². The summed E-state index contributed by atoms with van der Waals surface area (Å²) in [5.41, 5.74) is 2.95. The van der Waals surface area contributed by atoms with Crippen LogP contribution < -0.4 is 0 Å². The smallest absolute Gasteiger partial charge is 0.160 e. The van der Waals surface area contributed by atoms with Gasteiger partial charge >= 0.3 is 0 Å². The highest BCUT2D eigenvalue weighted by Gasteiger charge is 2.24. The Balaban J connectivity index is 1.81. The number of fused-ring (bicyclic) bond motifs is 1. The minimum atomic E-state index is 0.299. The van der Waals surface area contributed by atoms with Gasteiger partial charge in [-0.1, -0.05) is 12.1 Å². The highest BCUT2D eigenvalue weighted by Crippen LogP contribution is 2.33. The fourth-order valence-corrected chi connectivity index (χ4v) is 4.24. The van der Waals surface area contributed by atoms with Crippen molar-refractivity contribution >= 4 is 22.9 Å². The minimum Gasteiger partial charge on any atom is -0.508 e. The van der Waals surface area contributed by atoms with Gasteiger partial charge in [0.15, 0.2) is 5.65 Å². The van der Waals surface area contributed by atoms with Gasteiger partial charge in [-0.25, -0.2) is 9.97 Å². The number of imidazole rings is 1. The number of nitrogens with zero attached hydrogens (tertiary/aromatic N) is 3. The molecule has 22 heavy (non-hydrogen) atoms. The molecule has 3 aromatic rings. The standard InChI is InChI=1S/C17H17N3OS/c21-14-4-1-3-12(9-14)10-20-16(13-6-8-22-11-13)19-15-5-2-7-18-17(15)20/h1-5,7,9,13,21H,6,8,10-11H2. The van der Waals surface area contributed by atoms with E-state index in [2.05, 4.69) is 9.55 Å². The second-order valence-electron chi connectivity index (χ2n) is 5.63. The van der Waals surface area contributed by atoms with Crippen LogP contribution >= 0.6 is 11.8 Å². The van der Waals surface area contributed by atoms with Crippen molar-refractivity contribution in [2.24, 2.45) is 0 Å². The lowest BCUT2D eigenvalue weighted by Gasteiger charge is -2.13. The van der Waals surface area contributed by atoms with Gasteiger partial charge in [-0.05, 0) is 42.0 Å². The molecule has 1 aliphatic rings. The van der Waals surface area contributed by atoms with E-state index in [9.17, 15) is 5.11 Å². The number of thioether (sulfide) groups is 1. The monoisotopic (exact) mass is 311 g/mol. The Labute approximate surface area is 133 Å². The van der Waals surface area contributed by atoms with Crippen LogP contribution in [0.2, 0.25) is 0 Å². The lowest BCUT2D eigenvalue weighted by molar-refractivity contribution is 0.474. The molecule has 1 N–H and O–H groups in total. The molecule has 0 saturated carbocycles. The number of hydrogen-bond acceptors (Lipinski definition) is 4. The molecule has 5 heteroatoms. The Morgan fingerprint density at radius 2 is 2.23 bits per heavy atom. The molecule has 1 aromatic carbocycles. The van der Waals surface area contributed by atoms with E-state index in [0.717, 1.165) is 28.3 Å². The summed E-state index contributed by atoms with van der Waals surface area (Å²) in [5.74, 6) is 4.25. The predicted octanol–water partition coefficient (Wildman–Crippen LogP) is 3.41. The number of benzene rings is 1. The van der Waals surface area contributed by atoms with Gasteiger partial charge in [0.05, 0.1) is 6.54 Å². The Hall–Kier alpha value is -2.01. The first kappa shape index (κ1) is 13.6. The number of pyridine rings is 1. The third-order valence-electron chi connectivity index (χ3n) is 4.08. The quantitative estimate of drug-likeness (QED) is 0.805. The molecule has 112 valence electrons. The zero-order valence-corrected chi connectivity index (χ0v) is 13.0. The molecule has 1 unspecified atom stereocenters. The number of phenols is 1. The van der Waals surface area contributed by atoms with E-state index in [1.165, 1.54) is 12.2 Å². The number of rotatable bonds is 3. The van der Waals surface area contributed by atoms with E-state index in [1.807, 2.05) is 48.3 Å². The molecular weight excluding hydrogens is 294 g/mol. The fourth-order valence-electron chi connectivity index (χ4n) is 3.02. The molecule has 0 aliphatic carbocycles. The molecule has 1 atom stereocenters. The van der Waals surface area contributed by atoms with Gasteiger partial charge in [-0.2, -0.15) is 11.8 Å². The summed E-state index contributed by atoms with van der Waals surface area (Å²) in [6.45, 7) is 0.693. The van der Waals surface area contributed by atoms with Gasteiger partial charge in [0.2, 0.25) is 0 Å². The van der Waals surface area contributed by atoms with Crippen LogP contribution in [0, 0.1) is 0 Å². The van der Waals surface area contributed by atoms with Crippen LogP contribution in [-0.4, -0.2) is 31.1 Å². The van der Waals surface area contributed by atoms with E-state index < -0.39 is 0 Å². The van der Waals surface area contributed by atoms with Gasteiger partial charge < -0.3 is 9.67 Å². The van der Waals surface area contributed by atoms with Crippen molar-refractivity contribution in [3.05, 3.63) is 54.0 Å². The Kier molecular flexibility index (Phi) is 3.50. The largest absolute Gasteiger partial charge is 0.508 e. The molecule has 2 aromatic heterocycles. The van der Waals surface area contributed by atoms with E-state index >= 15 is 0 Å². The maximum atomic E-state index is 9.69. The van der Waals surface area contributed by atoms with Gasteiger partial charge in [-0.3, -0.25) is 0 Å². The molecule has 0 radical (unpaired) electrons. The van der Waals surface area contributed by atoms with Crippen molar-refractivity contribution in [2.45, 2.75) is 18.9 Å². The zero-order valence-electron chi connectivity index (χ0n) is 12.1. The molecule has 0 spiro atoms. The Morgan fingerprint density at radius 3 is 3.05 bits per heavy atom. The van der Waals surface area contributed by atoms with E-state index in [1.54, 1.807) is 6.07 Å². The van der Waals surface area contributed by atoms with Crippen molar-refractivity contribution in [3.63, 3.8) is 0 Å². The van der Waals surface area contributed by atoms with Crippen LogP contribution in [-0.2, 0) is 6.54 Å². The summed E-state index contributed by atoms with van der Waals surface area (Å²) >= 11 is 1.99. The van der Waals surface area contributed by atoms with Crippen LogP contribution in [0.4, 0.5) is 0 Å². The SMILES string of the molecule is Oc1cccc(Cn2c(C3CCSC3)nc3cccnc32)c1. The third kappa shape index (κ3) is 2.46. The summed E-state index contributed by atoms with van der Waals surface area (Å²) in [6.07, 6.45) is 2.99. The molecular formula is C17H17N3OS. The van der Waals surface area contributed by atoms with E-state index in [4.69, 9.17) is 4.98 Å². The molecule has 1 fully saturated rings. The topological polar surface area (TPSA) is 50.9 Å². The van der Waals surface area contributed by atoms with Crippen molar-refractivity contribution in [1.29, 1.82) is 0 Å². The van der Waals surface area contributed by atoms with Crippen molar-refractivity contribution in [2.75, 3.05) is 11.5 Å². The average molecular weight is 311 g/mol. The van der Waals surface area contributed by atoms with E-state index in [-0.39, 0.29) is 0 Å².